The molecule has 3 rings (SSSR count). The zero-order valence-electron chi connectivity index (χ0n) is 15.3. The summed E-state index contributed by atoms with van der Waals surface area (Å²) in [6, 6.07) is 13.0. The monoisotopic (exact) mass is 429 g/mol. The summed E-state index contributed by atoms with van der Waals surface area (Å²) in [4.78, 5) is 14.8. The molecule has 1 heterocycles. The maximum Gasteiger partial charge on any atom is 0.302 e. The summed E-state index contributed by atoms with van der Waals surface area (Å²) in [5.74, 6) is -0.0950. The van der Waals surface area contributed by atoms with Gasteiger partial charge in [0, 0.05) is 9.86 Å². The topological polar surface area (TPSA) is 87.0 Å². The molecule has 2 aromatic carbocycles. The average molecular weight is 430 g/mol. The lowest BCUT2D eigenvalue weighted by Gasteiger charge is -2.19. The third-order valence-electron chi connectivity index (χ3n) is 4.06. The largest absolute Gasteiger partial charge is 0.493 e. The third kappa shape index (κ3) is 4.54. The van der Waals surface area contributed by atoms with Gasteiger partial charge in [-0.3, -0.25) is 4.79 Å². The van der Waals surface area contributed by atoms with Crippen molar-refractivity contribution >= 4 is 38.4 Å². The van der Waals surface area contributed by atoms with Crippen LogP contribution in [0.1, 0.15) is 26.3 Å². The number of nitrogens with one attached hydrogen (secondary N) is 1. The van der Waals surface area contributed by atoms with Gasteiger partial charge < -0.3 is 14.8 Å². The second-order valence-electron chi connectivity index (χ2n) is 7.17. The molecule has 6 nitrogen and oxygen atoms in total. The Hall–Kier alpha value is -2.67. The Morgan fingerprint density at radius 2 is 1.89 bits per heavy atom. The van der Waals surface area contributed by atoms with E-state index in [1.807, 2.05) is 30.3 Å². The predicted octanol–water partition coefficient (Wildman–Crippen LogP) is 5.62. The Kier molecular flexibility index (Phi) is 5.32. The summed E-state index contributed by atoms with van der Waals surface area (Å²) in [6.45, 7) is 6.16. The van der Waals surface area contributed by atoms with Crippen LogP contribution in [0.2, 0.25) is 0 Å². The molecule has 0 spiro atoms. The van der Waals surface area contributed by atoms with Gasteiger partial charge in [-0.1, -0.05) is 48.8 Å². The highest BCUT2D eigenvalue weighted by molar-refractivity contribution is 9.10. The molecule has 0 fully saturated rings. The van der Waals surface area contributed by atoms with E-state index in [0.717, 1.165) is 4.47 Å². The fourth-order valence-electron chi connectivity index (χ4n) is 2.57. The van der Waals surface area contributed by atoms with Gasteiger partial charge in [-0.05, 0) is 41.3 Å². The number of carbonyl (C=O) groups is 1. The van der Waals surface area contributed by atoms with Crippen LogP contribution < -0.4 is 4.74 Å². The van der Waals surface area contributed by atoms with E-state index in [0.29, 0.717) is 16.7 Å². The van der Waals surface area contributed by atoms with Gasteiger partial charge in [0.25, 0.3) is 0 Å². The molecule has 0 saturated heterocycles. The van der Waals surface area contributed by atoms with E-state index in [1.165, 1.54) is 5.56 Å². The van der Waals surface area contributed by atoms with Gasteiger partial charge in [-0.15, -0.1) is 10.2 Å². The number of aromatic amines is 1. The Balaban J connectivity index is 1.66. The van der Waals surface area contributed by atoms with E-state index in [-0.39, 0.29) is 23.6 Å². The number of fused-ring (bicyclic) bond motifs is 1. The quantitative estimate of drug-likeness (QED) is 0.527. The van der Waals surface area contributed by atoms with Crippen molar-refractivity contribution < 1.29 is 14.6 Å². The number of carbonyl (C=O) groups excluding carboxylic acids is 1. The molecule has 7 heteroatoms. The van der Waals surface area contributed by atoms with Crippen molar-refractivity contribution in [3.8, 4) is 11.6 Å². The minimum Gasteiger partial charge on any atom is -0.493 e. The maximum absolute atomic E-state index is 12.0. The number of benzene rings is 2. The molecule has 1 aromatic heterocycles. The van der Waals surface area contributed by atoms with Gasteiger partial charge in [-0.2, -0.15) is 0 Å². The lowest BCUT2D eigenvalue weighted by molar-refractivity contribution is -0.120. The first-order valence-electron chi connectivity index (χ1n) is 8.42. The lowest BCUT2D eigenvalue weighted by atomic mass is 9.87. The number of hydrogen-bond donors (Lipinski definition) is 2. The van der Waals surface area contributed by atoms with E-state index >= 15 is 0 Å². The minimum atomic E-state index is -0.543. The van der Waals surface area contributed by atoms with Gasteiger partial charge in [0.15, 0.2) is 12.3 Å². The van der Waals surface area contributed by atoms with Crippen LogP contribution >= 0.6 is 15.9 Å². The highest BCUT2D eigenvalue weighted by Gasteiger charge is 2.14. The fraction of sp³-hybridized carbons (Fsp3) is 0.250. The minimum absolute atomic E-state index is 0.0545. The van der Waals surface area contributed by atoms with Crippen LogP contribution in [0.15, 0.2) is 57.2 Å². The Labute approximate surface area is 165 Å². The van der Waals surface area contributed by atoms with E-state index in [9.17, 15) is 9.90 Å². The standard InChI is InChI=1S/C20H20BrN3O3/c1-20(2,3)12-4-7-14(8-5-12)27-11-17(25)23-24-18-15-10-13(21)6-9-16(15)22-19(18)26/h4-10,22,26H,11H2,1-3H3. The van der Waals surface area contributed by atoms with Crippen molar-refractivity contribution in [1.29, 1.82) is 0 Å². The van der Waals surface area contributed by atoms with Gasteiger partial charge >= 0.3 is 5.91 Å². The molecule has 140 valence electrons. The Morgan fingerprint density at radius 1 is 1.19 bits per heavy atom. The second kappa shape index (κ2) is 7.52. The highest BCUT2D eigenvalue weighted by atomic mass is 79.9. The number of rotatable bonds is 4. The maximum atomic E-state index is 12.0. The number of H-pyrrole nitrogens is 1. The van der Waals surface area contributed by atoms with Gasteiger partial charge in [0.05, 0.1) is 5.52 Å². The van der Waals surface area contributed by atoms with E-state index in [2.05, 4.69) is 51.9 Å². The molecule has 0 aliphatic carbocycles. The van der Waals surface area contributed by atoms with Crippen molar-refractivity contribution in [3.63, 3.8) is 0 Å². The lowest BCUT2D eigenvalue weighted by Crippen LogP contribution is -2.11. The SMILES string of the molecule is CC(C)(C)c1ccc(OCC(=O)N=Nc2c(O)[nH]c3ccc(Br)cc23)cc1. The second-order valence-corrected chi connectivity index (χ2v) is 8.08. The molecule has 27 heavy (non-hydrogen) atoms. The van der Waals surface area contributed by atoms with Crippen LogP contribution in [0, 0.1) is 0 Å². The first-order valence-corrected chi connectivity index (χ1v) is 9.21. The molecule has 0 aliphatic heterocycles. The van der Waals surface area contributed by atoms with E-state index in [1.54, 1.807) is 12.1 Å². The number of ether oxygens (including phenoxy) is 1. The van der Waals surface area contributed by atoms with E-state index < -0.39 is 5.91 Å². The number of nitrogens with zero attached hydrogens (tertiary/aromatic N) is 2. The van der Waals surface area contributed by atoms with Gasteiger partial charge in [0.2, 0.25) is 5.88 Å². The summed E-state index contributed by atoms with van der Waals surface area (Å²) in [6.07, 6.45) is 0. The molecule has 1 amide bonds. The predicted molar refractivity (Wildman–Crippen MR) is 108 cm³/mol. The molecule has 0 saturated carbocycles. The van der Waals surface area contributed by atoms with Crippen molar-refractivity contribution in [1.82, 2.24) is 4.98 Å². The van der Waals surface area contributed by atoms with Gasteiger partial charge in [0.1, 0.15) is 5.75 Å². The van der Waals surface area contributed by atoms with Crippen LogP contribution in [-0.4, -0.2) is 22.6 Å². The molecule has 0 unspecified atom stereocenters. The van der Waals surface area contributed by atoms with E-state index in [4.69, 9.17) is 4.74 Å². The highest BCUT2D eigenvalue weighted by Crippen LogP contribution is 2.36. The molecular weight excluding hydrogens is 410 g/mol. The number of hydrogen-bond acceptors (Lipinski definition) is 4. The van der Waals surface area contributed by atoms with Gasteiger partial charge in [-0.25, -0.2) is 0 Å². The molecular formula is C20H20BrN3O3. The first kappa shape index (κ1) is 19.1. The van der Waals surface area contributed by atoms with Crippen LogP contribution in [0.5, 0.6) is 11.6 Å². The number of amides is 1. The normalized spacial score (nSPS) is 12.0. The Morgan fingerprint density at radius 3 is 2.56 bits per heavy atom. The van der Waals surface area contributed by atoms with Crippen LogP contribution in [-0.2, 0) is 10.2 Å². The average Bonchev–Trinajstić information content (AvgIpc) is 2.92. The number of azo groups is 1. The summed E-state index contributed by atoms with van der Waals surface area (Å²) in [5, 5.41) is 18.2. The molecule has 0 atom stereocenters. The number of aromatic nitrogens is 1. The summed E-state index contributed by atoms with van der Waals surface area (Å²) >= 11 is 3.37. The number of halogens is 1. The molecule has 2 N–H and O–H groups in total. The zero-order chi connectivity index (χ0) is 19.6. The summed E-state index contributed by atoms with van der Waals surface area (Å²) in [7, 11) is 0. The molecule has 0 bridgehead atoms. The molecule has 0 aliphatic rings. The van der Waals surface area contributed by atoms with Crippen LogP contribution in [0.25, 0.3) is 10.9 Å². The smallest absolute Gasteiger partial charge is 0.302 e. The third-order valence-corrected chi connectivity index (χ3v) is 4.55. The first-order chi connectivity index (χ1) is 12.7. The summed E-state index contributed by atoms with van der Waals surface area (Å²) < 4.78 is 6.29. The summed E-state index contributed by atoms with van der Waals surface area (Å²) in [5.41, 5.74) is 2.15. The molecule has 3 aromatic rings. The van der Waals surface area contributed by atoms with Crippen molar-refractivity contribution in [2.45, 2.75) is 26.2 Å². The van der Waals surface area contributed by atoms with Crippen molar-refractivity contribution in [2.24, 2.45) is 10.2 Å². The Bertz CT molecular complexity index is 1000. The van der Waals surface area contributed by atoms with Crippen molar-refractivity contribution in [2.75, 3.05) is 6.61 Å². The zero-order valence-corrected chi connectivity index (χ0v) is 16.9. The van der Waals surface area contributed by atoms with Crippen molar-refractivity contribution in [3.05, 3.63) is 52.5 Å². The van der Waals surface area contributed by atoms with Crippen LogP contribution in [0.4, 0.5) is 5.69 Å². The number of aromatic hydroxyl groups is 1. The molecule has 0 radical (unpaired) electrons. The fourth-order valence-corrected chi connectivity index (χ4v) is 2.93. The van der Waals surface area contributed by atoms with Crippen LogP contribution in [0.3, 0.4) is 0 Å².